The summed E-state index contributed by atoms with van der Waals surface area (Å²) < 4.78 is 0. The zero-order valence-electron chi connectivity index (χ0n) is 12.7. The molecule has 10 nitrogen and oxygen atoms in total. The summed E-state index contributed by atoms with van der Waals surface area (Å²) in [6, 6.07) is 10.5. The molecule has 1 N–H and O–H groups in total. The van der Waals surface area contributed by atoms with E-state index < -0.39 is 32.8 Å². The lowest BCUT2D eigenvalue weighted by molar-refractivity contribution is -0.391. The van der Waals surface area contributed by atoms with Crippen molar-refractivity contribution in [2.24, 2.45) is 10.2 Å². The van der Waals surface area contributed by atoms with Gasteiger partial charge in [0.25, 0.3) is 5.69 Å². The van der Waals surface area contributed by atoms with Gasteiger partial charge in [-0.1, -0.05) is 24.8 Å². The highest BCUT2D eigenvalue weighted by molar-refractivity contribution is 6.03. The normalized spacial score (nSPS) is 10.4. The average Bonchev–Trinajstić information content (AvgIpc) is 2.60. The molecule has 2 rings (SSSR count). The van der Waals surface area contributed by atoms with Gasteiger partial charge in [-0.15, -0.1) is 5.11 Å². The smallest absolute Gasteiger partial charge is 0.311 e. The van der Waals surface area contributed by atoms with E-state index in [1.807, 2.05) is 0 Å². The highest BCUT2D eigenvalue weighted by Crippen LogP contribution is 2.42. The number of nitro benzene ring substituents is 2. The molecule has 1 amide bonds. The molecule has 0 fully saturated rings. The molecule has 2 aromatic carbocycles. The summed E-state index contributed by atoms with van der Waals surface area (Å²) in [7, 11) is 0. The van der Waals surface area contributed by atoms with Gasteiger partial charge in [0.1, 0.15) is 0 Å². The Balaban J connectivity index is 2.60. The summed E-state index contributed by atoms with van der Waals surface area (Å²) in [5, 5.41) is 32.2. The number of hydrogen-bond donors (Lipinski definition) is 1. The molecule has 0 bridgehead atoms. The first-order chi connectivity index (χ1) is 11.9. The number of nitrogens with zero attached hydrogens (tertiary/aromatic N) is 4. The summed E-state index contributed by atoms with van der Waals surface area (Å²) >= 11 is 0. The van der Waals surface area contributed by atoms with E-state index in [1.54, 1.807) is 30.3 Å². The molecule has 0 spiro atoms. The zero-order chi connectivity index (χ0) is 18.4. The molecule has 0 aromatic heterocycles. The summed E-state index contributed by atoms with van der Waals surface area (Å²) in [5.41, 5.74) is -1.75. The quantitative estimate of drug-likeness (QED) is 0.365. The van der Waals surface area contributed by atoms with Crippen molar-refractivity contribution < 1.29 is 14.6 Å². The molecule has 0 saturated heterocycles. The van der Waals surface area contributed by atoms with E-state index in [2.05, 4.69) is 22.1 Å². The molecule has 0 aliphatic rings. The van der Waals surface area contributed by atoms with Crippen molar-refractivity contribution in [2.75, 3.05) is 5.32 Å². The first-order valence-corrected chi connectivity index (χ1v) is 6.80. The van der Waals surface area contributed by atoms with Gasteiger partial charge in [0, 0.05) is 6.07 Å². The van der Waals surface area contributed by atoms with Crippen molar-refractivity contribution in [1.82, 2.24) is 0 Å². The van der Waals surface area contributed by atoms with E-state index in [9.17, 15) is 25.0 Å². The van der Waals surface area contributed by atoms with Crippen molar-refractivity contribution in [2.45, 2.75) is 0 Å². The minimum atomic E-state index is -0.870. The van der Waals surface area contributed by atoms with Crippen LogP contribution in [0.25, 0.3) is 0 Å². The Morgan fingerprint density at radius 3 is 2.28 bits per heavy atom. The Labute approximate surface area is 140 Å². The maximum Gasteiger partial charge on any atom is 0.327 e. The fourth-order valence-electron chi connectivity index (χ4n) is 1.89. The van der Waals surface area contributed by atoms with Crippen LogP contribution in [0.5, 0.6) is 0 Å². The summed E-state index contributed by atoms with van der Waals surface area (Å²) in [6.45, 7) is 3.21. The van der Waals surface area contributed by atoms with Gasteiger partial charge in [-0.3, -0.25) is 25.0 Å². The van der Waals surface area contributed by atoms with Crippen LogP contribution >= 0.6 is 0 Å². The zero-order valence-corrected chi connectivity index (χ0v) is 12.7. The number of amides is 1. The topological polar surface area (TPSA) is 140 Å². The largest absolute Gasteiger partial charge is 0.327 e. The third kappa shape index (κ3) is 4.07. The van der Waals surface area contributed by atoms with Gasteiger partial charge >= 0.3 is 5.69 Å². The molecule has 2 aromatic rings. The molecular formula is C15H11N5O5. The third-order valence-electron chi connectivity index (χ3n) is 2.98. The third-order valence-corrected chi connectivity index (χ3v) is 2.98. The van der Waals surface area contributed by atoms with E-state index >= 15 is 0 Å². The van der Waals surface area contributed by atoms with Gasteiger partial charge in [-0.05, 0) is 24.3 Å². The van der Waals surface area contributed by atoms with E-state index in [0.717, 1.165) is 18.2 Å². The molecule has 0 heterocycles. The van der Waals surface area contributed by atoms with E-state index in [-0.39, 0.29) is 5.69 Å². The number of nitro groups is 2. The van der Waals surface area contributed by atoms with Gasteiger partial charge in [-0.25, -0.2) is 0 Å². The van der Waals surface area contributed by atoms with Gasteiger partial charge < -0.3 is 5.32 Å². The predicted molar refractivity (Wildman–Crippen MR) is 89.2 cm³/mol. The maximum absolute atomic E-state index is 11.5. The Morgan fingerprint density at radius 1 is 1.04 bits per heavy atom. The SMILES string of the molecule is C=CC(=O)Nc1c([N+](=O)[O-])ccc(N=Nc2ccccc2)c1[N+](=O)[O-]. The van der Waals surface area contributed by atoms with Crippen LogP contribution in [0, 0.1) is 20.2 Å². The summed E-state index contributed by atoms with van der Waals surface area (Å²) in [4.78, 5) is 32.3. The first-order valence-electron chi connectivity index (χ1n) is 6.80. The average molecular weight is 341 g/mol. The van der Waals surface area contributed by atoms with Crippen molar-refractivity contribution >= 4 is 34.3 Å². The molecule has 0 unspecified atom stereocenters. The van der Waals surface area contributed by atoms with Crippen LogP contribution < -0.4 is 5.32 Å². The van der Waals surface area contributed by atoms with Crippen LogP contribution in [0.3, 0.4) is 0 Å². The number of hydrogen-bond acceptors (Lipinski definition) is 7. The van der Waals surface area contributed by atoms with E-state index in [1.165, 1.54) is 0 Å². The molecule has 0 atom stereocenters. The van der Waals surface area contributed by atoms with Gasteiger partial charge in [0.05, 0.1) is 15.5 Å². The predicted octanol–water partition coefficient (Wildman–Crippen LogP) is 4.04. The molecule has 0 radical (unpaired) electrons. The lowest BCUT2D eigenvalue weighted by Gasteiger charge is -2.06. The summed E-state index contributed by atoms with van der Waals surface area (Å²) in [5.74, 6) is -0.830. The molecule has 0 saturated carbocycles. The van der Waals surface area contributed by atoms with Crippen LogP contribution in [0.4, 0.5) is 28.4 Å². The minimum Gasteiger partial charge on any atom is -0.311 e. The van der Waals surface area contributed by atoms with Gasteiger partial charge in [0.15, 0.2) is 5.69 Å². The van der Waals surface area contributed by atoms with Crippen LogP contribution in [0.1, 0.15) is 0 Å². The number of anilines is 1. The van der Waals surface area contributed by atoms with E-state index in [4.69, 9.17) is 0 Å². The van der Waals surface area contributed by atoms with Crippen molar-refractivity contribution in [3.63, 3.8) is 0 Å². The molecule has 0 aliphatic heterocycles. The fraction of sp³-hybridized carbons (Fsp3) is 0. The Bertz CT molecular complexity index is 879. The lowest BCUT2D eigenvalue weighted by atomic mass is 10.2. The van der Waals surface area contributed by atoms with Gasteiger partial charge in [-0.2, -0.15) is 5.11 Å². The monoisotopic (exact) mass is 341 g/mol. The molecule has 10 heteroatoms. The van der Waals surface area contributed by atoms with Gasteiger partial charge in [0.2, 0.25) is 11.6 Å². The highest BCUT2D eigenvalue weighted by Gasteiger charge is 2.30. The first kappa shape index (κ1) is 17.4. The van der Waals surface area contributed by atoms with Crippen LogP contribution in [0.2, 0.25) is 0 Å². The number of benzene rings is 2. The number of carbonyl (C=O) groups excluding carboxylic acids is 1. The number of carbonyl (C=O) groups is 1. The molecule has 25 heavy (non-hydrogen) atoms. The number of rotatable bonds is 6. The second-order valence-corrected chi connectivity index (χ2v) is 4.57. The van der Waals surface area contributed by atoms with Crippen LogP contribution in [0.15, 0.2) is 65.3 Å². The van der Waals surface area contributed by atoms with Crippen molar-refractivity contribution in [3.8, 4) is 0 Å². The second-order valence-electron chi connectivity index (χ2n) is 4.57. The number of azo groups is 1. The van der Waals surface area contributed by atoms with Crippen LogP contribution in [-0.2, 0) is 4.79 Å². The van der Waals surface area contributed by atoms with Crippen LogP contribution in [-0.4, -0.2) is 15.8 Å². The lowest BCUT2D eigenvalue weighted by Crippen LogP contribution is -2.11. The van der Waals surface area contributed by atoms with Crippen molar-refractivity contribution in [1.29, 1.82) is 0 Å². The Kier molecular flexibility index (Phi) is 5.25. The Hall–Kier alpha value is -3.95. The van der Waals surface area contributed by atoms with E-state index in [0.29, 0.717) is 5.69 Å². The standard InChI is InChI=1S/C15H11N5O5/c1-2-13(21)16-14-12(19(22)23)9-8-11(15(14)20(24)25)18-17-10-6-4-3-5-7-10/h2-9H,1H2,(H,16,21). The van der Waals surface area contributed by atoms with Crippen molar-refractivity contribution in [3.05, 3.63) is 75.3 Å². The molecule has 0 aliphatic carbocycles. The highest BCUT2D eigenvalue weighted by atomic mass is 16.6. The maximum atomic E-state index is 11.5. The minimum absolute atomic E-state index is 0.237. The Morgan fingerprint density at radius 2 is 1.72 bits per heavy atom. The fourth-order valence-corrected chi connectivity index (χ4v) is 1.89. The molecular weight excluding hydrogens is 330 g/mol. The summed E-state index contributed by atoms with van der Waals surface area (Å²) in [6.07, 6.45) is 0.839. The second kappa shape index (κ2) is 7.55. The molecule has 126 valence electrons. The number of nitrogens with one attached hydrogen (secondary N) is 1.